The van der Waals surface area contributed by atoms with Gasteiger partial charge in [-0.25, -0.2) is 4.79 Å². The van der Waals surface area contributed by atoms with E-state index in [1.165, 1.54) is 18.4 Å². The molecule has 5 heteroatoms. The molecule has 0 unspecified atom stereocenters. The molecule has 1 aliphatic carbocycles. The highest BCUT2D eigenvalue weighted by atomic mass is 16.5. The van der Waals surface area contributed by atoms with Gasteiger partial charge < -0.3 is 14.6 Å². The summed E-state index contributed by atoms with van der Waals surface area (Å²) in [4.78, 5) is 25.0. The van der Waals surface area contributed by atoms with Crippen LogP contribution in [-0.2, 0) is 11.3 Å². The molecule has 0 fully saturated rings. The SMILES string of the molecule is CCOC(=O)c1c(C)c(C(=O)NCCC2=CCCCC2)c(C)n1CC. The molecule has 0 spiro atoms. The number of nitrogens with zero attached hydrogens (tertiary/aromatic N) is 1. The molecule has 0 saturated carbocycles. The van der Waals surface area contributed by atoms with Gasteiger partial charge in [-0.3, -0.25) is 4.79 Å². The van der Waals surface area contributed by atoms with Gasteiger partial charge >= 0.3 is 5.97 Å². The van der Waals surface area contributed by atoms with E-state index >= 15 is 0 Å². The van der Waals surface area contributed by atoms with Crippen LogP contribution in [0.1, 0.15) is 78.1 Å². The third-order valence-corrected chi connectivity index (χ3v) is 4.90. The molecule has 0 aromatic carbocycles. The third-order valence-electron chi connectivity index (χ3n) is 4.90. The number of allylic oxidation sites excluding steroid dienone is 1. The second-order valence-electron chi connectivity index (χ2n) is 6.51. The largest absolute Gasteiger partial charge is 0.461 e. The van der Waals surface area contributed by atoms with E-state index in [-0.39, 0.29) is 11.9 Å². The average Bonchev–Trinajstić information content (AvgIpc) is 2.86. The van der Waals surface area contributed by atoms with Crippen LogP contribution in [0, 0.1) is 13.8 Å². The average molecular weight is 346 g/mol. The molecule has 25 heavy (non-hydrogen) atoms. The summed E-state index contributed by atoms with van der Waals surface area (Å²) in [5, 5.41) is 3.02. The summed E-state index contributed by atoms with van der Waals surface area (Å²) < 4.78 is 7.03. The van der Waals surface area contributed by atoms with Crippen LogP contribution in [0.5, 0.6) is 0 Å². The van der Waals surface area contributed by atoms with Crippen LogP contribution in [0.3, 0.4) is 0 Å². The monoisotopic (exact) mass is 346 g/mol. The Morgan fingerprint density at radius 2 is 2.00 bits per heavy atom. The van der Waals surface area contributed by atoms with E-state index < -0.39 is 0 Å². The molecule has 0 bridgehead atoms. The van der Waals surface area contributed by atoms with Gasteiger partial charge in [-0.05, 0) is 65.4 Å². The van der Waals surface area contributed by atoms with Crippen molar-refractivity contribution in [1.82, 2.24) is 9.88 Å². The van der Waals surface area contributed by atoms with Crippen LogP contribution < -0.4 is 5.32 Å². The maximum atomic E-state index is 12.7. The van der Waals surface area contributed by atoms with Crippen LogP contribution >= 0.6 is 0 Å². The van der Waals surface area contributed by atoms with Gasteiger partial charge in [0.2, 0.25) is 0 Å². The van der Waals surface area contributed by atoms with Crippen molar-refractivity contribution in [2.24, 2.45) is 0 Å². The normalized spacial score (nSPS) is 14.2. The Morgan fingerprint density at radius 3 is 2.60 bits per heavy atom. The number of carbonyl (C=O) groups excluding carboxylic acids is 2. The van der Waals surface area contributed by atoms with E-state index in [0.29, 0.717) is 36.5 Å². The zero-order chi connectivity index (χ0) is 18.4. The van der Waals surface area contributed by atoms with E-state index in [9.17, 15) is 9.59 Å². The zero-order valence-electron chi connectivity index (χ0n) is 15.9. The molecule has 2 rings (SSSR count). The molecule has 0 radical (unpaired) electrons. The van der Waals surface area contributed by atoms with Crippen molar-refractivity contribution in [3.05, 3.63) is 34.2 Å². The van der Waals surface area contributed by atoms with Crippen molar-refractivity contribution >= 4 is 11.9 Å². The Hall–Kier alpha value is -2.04. The molecule has 5 nitrogen and oxygen atoms in total. The van der Waals surface area contributed by atoms with Crippen molar-refractivity contribution in [2.45, 2.75) is 66.3 Å². The van der Waals surface area contributed by atoms with Crippen LogP contribution in [0.4, 0.5) is 0 Å². The lowest BCUT2D eigenvalue weighted by Crippen LogP contribution is -2.26. The standard InChI is InChI=1S/C20H30N2O3/c1-5-22-15(4)17(14(3)18(22)20(24)25-6-2)19(23)21-13-12-16-10-8-7-9-11-16/h10H,5-9,11-13H2,1-4H3,(H,21,23). The van der Waals surface area contributed by atoms with Gasteiger partial charge in [-0.1, -0.05) is 11.6 Å². The van der Waals surface area contributed by atoms with Crippen LogP contribution in [-0.4, -0.2) is 29.6 Å². The Kier molecular flexibility index (Phi) is 6.85. The number of esters is 1. The summed E-state index contributed by atoms with van der Waals surface area (Å²) in [5.74, 6) is -0.472. The number of ether oxygens (including phenoxy) is 1. The molecule has 1 amide bonds. The summed E-state index contributed by atoms with van der Waals surface area (Å²) in [6.45, 7) is 9.04. The molecular weight excluding hydrogens is 316 g/mol. The van der Waals surface area contributed by atoms with Crippen molar-refractivity contribution in [3.8, 4) is 0 Å². The van der Waals surface area contributed by atoms with Gasteiger partial charge in [-0.15, -0.1) is 0 Å². The van der Waals surface area contributed by atoms with Gasteiger partial charge in [-0.2, -0.15) is 0 Å². The molecule has 138 valence electrons. The van der Waals surface area contributed by atoms with Gasteiger partial charge in [0, 0.05) is 18.8 Å². The highest BCUT2D eigenvalue weighted by molar-refractivity contribution is 6.01. The van der Waals surface area contributed by atoms with E-state index in [2.05, 4.69) is 11.4 Å². The van der Waals surface area contributed by atoms with Crippen LogP contribution in [0.2, 0.25) is 0 Å². The Balaban J connectivity index is 2.13. The third kappa shape index (κ3) is 4.33. The number of rotatable bonds is 7. The van der Waals surface area contributed by atoms with Crippen molar-refractivity contribution in [3.63, 3.8) is 0 Å². The molecule has 1 aliphatic rings. The van der Waals surface area contributed by atoms with Crippen molar-refractivity contribution < 1.29 is 14.3 Å². The van der Waals surface area contributed by atoms with Crippen LogP contribution in [0.25, 0.3) is 0 Å². The number of nitrogens with one attached hydrogen (secondary N) is 1. The molecule has 1 N–H and O–H groups in total. The minimum absolute atomic E-state index is 0.107. The highest BCUT2D eigenvalue weighted by Crippen LogP contribution is 2.24. The quantitative estimate of drug-likeness (QED) is 0.601. The number of amides is 1. The molecule has 1 heterocycles. The second-order valence-corrected chi connectivity index (χ2v) is 6.51. The fraction of sp³-hybridized carbons (Fsp3) is 0.600. The first-order chi connectivity index (χ1) is 12.0. The van der Waals surface area contributed by atoms with Crippen LogP contribution in [0.15, 0.2) is 11.6 Å². The lowest BCUT2D eigenvalue weighted by Gasteiger charge is -2.13. The molecule has 0 atom stereocenters. The number of carbonyl (C=O) groups is 2. The summed E-state index contributed by atoms with van der Waals surface area (Å²) in [7, 11) is 0. The van der Waals surface area contributed by atoms with Gasteiger partial charge in [0.15, 0.2) is 0 Å². The van der Waals surface area contributed by atoms with E-state index in [0.717, 1.165) is 25.0 Å². The molecular formula is C20H30N2O3. The molecule has 0 aliphatic heterocycles. The predicted octanol–water partition coefficient (Wildman–Crippen LogP) is 3.92. The minimum Gasteiger partial charge on any atom is -0.461 e. The Morgan fingerprint density at radius 1 is 1.24 bits per heavy atom. The summed E-state index contributed by atoms with van der Waals surface area (Å²) in [5.41, 5.74) is 4.05. The van der Waals surface area contributed by atoms with E-state index in [1.807, 2.05) is 25.3 Å². The second kappa shape index (κ2) is 8.88. The molecule has 0 saturated heterocycles. The van der Waals surface area contributed by atoms with Crippen molar-refractivity contribution in [1.29, 1.82) is 0 Å². The van der Waals surface area contributed by atoms with Gasteiger partial charge in [0.05, 0.1) is 12.2 Å². The molecule has 1 aromatic heterocycles. The van der Waals surface area contributed by atoms with Gasteiger partial charge in [0.1, 0.15) is 5.69 Å². The number of aromatic nitrogens is 1. The zero-order valence-corrected chi connectivity index (χ0v) is 15.9. The lowest BCUT2D eigenvalue weighted by molar-refractivity contribution is 0.0512. The predicted molar refractivity (Wildman–Crippen MR) is 99.0 cm³/mol. The summed E-state index contributed by atoms with van der Waals surface area (Å²) >= 11 is 0. The van der Waals surface area contributed by atoms with Gasteiger partial charge in [0.25, 0.3) is 5.91 Å². The highest BCUT2D eigenvalue weighted by Gasteiger charge is 2.26. The maximum Gasteiger partial charge on any atom is 0.355 e. The fourth-order valence-corrected chi connectivity index (χ4v) is 3.64. The summed E-state index contributed by atoms with van der Waals surface area (Å²) in [6, 6.07) is 0. The Bertz CT molecular complexity index is 671. The molecule has 1 aromatic rings. The topological polar surface area (TPSA) is 60.3 Å². The number of hydrogen-bond donors (Lipinski definition) is 1. The lowest BCUT2D eigenvalue weighted by atomic mass is 9.97. The van der Waals surface area contributed by atoms with Crippen molar-refractivity contribution in [2.75, 3.05) is 13.2 Å². The van der Waals surface area contributed by atoms with E-state index in [1.54, 1.807) is 6.92 Å². The van der Waals surface area contributed by atoms with E-state index in [4.69, 9.17) is 4.74 Å². The first kappa shape index (κ1) is 19.3. The summed E-state index contributed by atoms with van der Waals surface area (Å²) in [6.07, 6.45) is 8.04. The first-order valence-corrected chi connectivity index (χ1v) is 9.34. The fourth-order valence-electron chi connectivity index (χ4n) is 3.64. The Labute approximate surface area is 150 Å². The number of hydrogen-bond acceptors (Lipinski definition) is 3. The minimum atomic E-state index is -0.364. The smallest absolute Gasteiger partial charge is 0.355 e. The first-order valence-electron chi connectivity index (χ1n) is 9.34. The maximum absolute atomic E-state index is 12.7.